The van der Waals surface area contributed by atoms with Gasteiger partial charge in [-0.25, -0.2) is 0 Å². The van der Waals surface area contributed by atoms with Gasteiger partial charge in [0.05, 0.1) is 10.1 Å². The van der Waals surface area contributed by atoms with Gasteiger partial charge in [-0.1, -0.05) is 53.9 Å². The van der Waals surface area contributed by atoms with Crippen molar-refractivity contribution in [1.29, 1.82) is 0 Å². The Morgan fingerprint density at radius 3 is 2.44 bits per heavy atom. The molecule has 0 spiro atoms. The maximum absolute atomic E-state index is 12.7. The highest BCUT2D eigenvalue weighted by molar-refractivity contribution is 9.10. The van der Waals surface area contributed by atoms with Crippen molar-refractivity contribution in [1.82, 2.24) is 4.90 Å². The fourth-order valence-corrected chi connectivity index (χ4v) is 5.84. The fraction of sp³-hybridized carbons (Fsp3) is 0.529. The molecule has 1 unspecified atom stereocenters. The molecular weight excluding hydrogens is 424 g/mol. The highest BCUT2D eigenvalue weighted by atomic mass is 79.9. The summed E-state index contributed by atoms with van der Waals surface area (Å²) >= 11 is 4.58. The molecule has 136 valence electrons. The molecule has 5 nitrogen and oxygen atoms in total. The van der Waals surface area contributed by atoms with Crippen molar-refractivity contribution in [3.8, 4) is 0 Å². The smallest absolute Gasteiger partial charge is 0.284 e. The van der Waals surface area contributed by atoms with Gasteiger partial charge in [-0.15, -0.1) is 4.40 Å². The van der Waals surface area contributed by atoms with E-state index in [4.69, 9.17) is 0 Å². The molecule has 1 aromatic carbocycles. The summed E-state index contributed by atoms with van der Waals surface area (Å²) in [6.07, 6.45) is 5.82. The Morgan fingerprint density at radius 2 is 1.84 bits per heavy atom. The molecule has 0 aromatic heterocycles. The van der Waals surface area contributed by atoms with Crippen molar-refractivity contribution in [2.75, 3.05) is 0 Å². The van der Waals surface area contributed by atoms with Gasteiger partial charge in [0.15, 0.2) is 5.17 Å². The van der Waals surface area contributed by atoms with Crippen molar-refractivity contribution in [2.24, 2.45) is 4.40 Å². The molecule has 1 amide bonds. The van der Waals surface area contributed by atoms with E-state index in [9.17, 15) is 13.2 Å². The van der Waals surface area contributed by atoms with Crippen LogP contribution in [-0.2, 0) is 14.8 Å². The standard InChI is InChI=1S/C17H21BrN2O3S2/c1-2-15-16(21)20(13-6-4-3-5-7-13)17(24-15)19-25(22,23)14-10-8-12(18)9-11-14/h8-11,13,15H,2-7H2,1H3/b19-17+. The Morgan fingerprint density at radius 1 is 1.20 bits per heavy atom. The summed E-state index contributed by atoms with van der Waals surface area (Å²) in [7, 11) is -3.83. The number of hydrogen-bond acceptors (Lipinski definition) is 4. The second kappa shape index (κ2) is 7.80. The molecule has 2 aliphatic rings. The van der Waals surface area contributed by atoms with Crippen LogP contribution in [0.1, 0.15) is 45.4 Å². The van der Waals surface area contributed by atoms with Crippen molar-refractivity contribution < 1.29 is 13.2 Å². The lowest BCUT2D eigenvalue weighted by molar-refractivity contribution is -0.128. The number of amidine groups is 1. The summed E-state index contributed by atoms with van der Waals surface area (Å²) < 4.78 is 30.2. The Balaban J connectivity index is 1.95. The largest absolute Gasteiger partial charge is 0.287 e. The van der Waals surface area contributed by atoms with E-state index < -0.39 is 10.0 Å². The van der Waals surface area contributed by atoms with E-state index in [1.54, 1.807) is 17.0 Å². The van der Waals surface area contributed by atoms with E-state index in [1.165, 1.54) is 30.3 Å². The number of rotatable bonds is 4. The first-order valence-electron chi connectivity index (χ1n) is 8.52. The van der Waals surface area contributed by atoms with Gasteiger partial charge >= 0.3 is 0 Å². The first kappa shape index (κ1) is 18.9. The van der Waals surface area contributed by atoms with Crippen LogP contribution in [0.25, 0.3) is 0 Å². The molecule has 3 rings (SSSR count). The van der Waals surface area contributed by atoms with Gasteiger partial charge in [0.25, 0.3) is 10.0 Å². The average molecular weight is 445 g/mol. The second-order valence-electron chi connectivity index (χ2n) is 6.32. The van der Waals surface area contributed by atoms with Crippen LogP contribution in [0.4, 0.5) is 0 Å². The van der Waals surface area contributed by atoms with E-state index in [2.05, 4.69) is 20.3 Å². The number of sulfonamides is 1. The first-order chi connectivity index (χ1) is 11.9. The number of amides is 1. The van der Waals surface area contributed by atoms with Crippen LogP contribution >= 0.6 is 27.7 Å². The van der Waals surface area contributed by atoms with Crippen LogP contribution in [0.5, 0.6) is 0 Å². The van der Waals surface area contributed by atoms with E-state index in [0.29, 0.717) is 11.6 Å². The predicted molar refractivity (Wildman–Crippen MR) is 104 cm³/mol. The Bertz CT molecular complexity index is 772. The van der Waals surface area contributed by atoms with Crippen LogP contribution in [0.3, 0.4) is 0 Å². The molecule has 0 N–H and O–H groups in total. The molecule has 8 heteroatoms. The molecule has 1 aromatic rings. The molecule has 1 heterocycles. The van der Waals surface area contributed by atoms with Crippen molar-refractivity contribution >= 4 is 48.8 Å². The Kier molecular flexibility index (Phi) is 5.90. The molecular formula is C17H21BrN2O3S2. The number of carbonyl (C=O) groups is 1. The van der Waals surface area contributed by atoms with Crippen molar-refractivity contribution in [3.63, 3.8) is 0 Å². The van der Waals surface area contributed by atoms with Crippen LogP contribution in [0, 0.1) is 0 Å². The quantitative estimate of drug-likeness (QED) is 0.698. The third-order valence-corrected chi connectivity index (χ3v) is 7.83. The number of nitrogens with zero attached hydrogens (tertiary/aromatic N) is 2. The van der Waals surface area contributed by atoms with Gasteiger partial charge in [0, 0.05) is 10.5 Å². The summed E-state index contributed by atoms with van der Waals surface area (Å²) in [5.41, 5.74) is 0. The second-order valence-corrected chi connectivity index (χ2v) is 10.0. The SMILES string of the molecule is CCC1S/C(=N/S(=O)(=O)c2ccc(Br)cc2)N(C2CCCCC2)C1=O. The number of halogens is 1. The van der Waals surface area contributed by atoms with E-state index in [0.717, 1.165) is 30.2 Å². The number of carbonyl (C=O) groups excluding carboxylic acids is 1. The van der Waals surface area contributed by atoms with Crippen molar-refractivity contribution in [3.05, 3.63) is 28.7 Å². The summed E-state index contributed by atoms with van der Waals surface area (Å²) in [5.74, 6) is 0.00385. The van der Waals surface area contributed by atoms with Crippen LogP contribution in [0.15, 0.2) is 38.0 Å². The minimum Gasteiger partial charge on any atom is -0.287 e. The van der Waals surface area contributed by atoms with Crippen molar-refractivity contribution in [2.45, 2.75) is 61.6 Å². The van der Waals surface area contributed by atoms with E-state index in [1.807, 2.05) is 6.92 Å². The number of hydrogen-bond donors (Lipinski definition) is 0. The zero-order valence-electron chi connectivity index (χ0n) is 14.0. The molecule has 2 fully saturated rings. The van der Waals surface area contributed by atoms with E-state index >= 15 is 0 Å². The zero-order chi connectivity index (χ0) is 18.0. The van der Waals surface area contributed by atoms with Crippen LogP contribution in [0.2, 0.25) is 0 Å². The number of thioether (sulfide) groups is 1. The van der Waals surface area contributed by atoms with Gasteiger partial charge in [0.2, 0.25) is 5.91 Å². The lowest BCUT2D eigenvalue weighted by Gasteiger charge is -2.30. The lowest BCUT2D eigenvalue weighted by Crippen LogP contribution is -2.42. The van der Waals surface area contributed by atoms with Gasteiger partial charge in [0.1, 0.15) is 0 Å². The molecule has 1 saturated heterocycles. The molecule has 1 atom stereocenters. The molecule has 1 aliphatic heterocycles. The maximum Gasteiger partial charge on any atom is 0.284 e. The maximum atomic E-state index is 12.7. The molecule has 25 heavy (non-hydrogen) atoms. The van der Waals surface area contributed by atoms with Gasteiger partial charge < -0.3 is 0 Å². The normalized spacial score (nSPS) is 24.2. The predicted octanol–water partition coefficient (Wildman–Crippen LogP) is 4.18. The van der Waals surface area contributed by atoms with E-state index in [-0.39, 0.29) is 22.1 Å². The first-order valence-corrected chi connectivity index (χ1v) is 11.6. The molecule has 1 saturated carbocycles. The highest BCUT2D eigenvalue weighted by Crippen LogP contribution is 2.36. The lowest BCUT2D eigenvalue weighted by atomic mass is 9.94. The highest BCUT2D eigenvalue weighted by Gasteiger charge is 2.42. The summed E-state index contributed by atoms with van der Waals surface area (Å²) in [6.45, 7) is 1.95. The third-order valence-electron chi connectivity index (χ3n) is 4.59. The third kappa shape index (κ3) is 4.11. The minimum absolute atomic E-state index is 0.00385. The fourth-order valence-electron chi connectivity index (χ4n) is 3.24. The van der Waals surface area contributed by atoms with Gasteiger partial charge in [-0.05, 0) is 43.5 Å². The Hall–Kier alpha value is -0.860. The van der Waals surface area contributed by atoms with Crippen LogP contribution < -0.4 is 0 Å². The molecule has 1 aliphatic carbocycles. The minimum atomic E-state index is -3.83. The Labute approximate surface area is 161 Å². The van der Waals surface area contributed by atoms with Gasteiger partial charge in [-0.2, -0.15) is 8.42 Å². The molecule has 0 radical (unpaired) electrons. The summed E-state index contributed by atoms with van der Waals surface area (Å²) in [6, 6.07) is 6.46. The number of benzene rings is 1. The summed E-state index contributed by atoms with van der Waals surface area (Å²) in [5, 5.41) is 0.104. The van der Waals surface area contributed by atoms with Crippen LogP contribution in [-0.4, -0.2) is 35.7 Å². The average Bonchev–Trinajstić information content (AvgIpc) is 2.90. The van der Waals surface area contributed by atoms with Gasteiger partial charge in [-0.3, -0.25) is 9.69 Å². The monoisotopic (exact) mass is 444 g/mol. The topological polar surface area (TPSA) is 66.8 Å². The summed E-state index contributed by atoms with van der Waals surface area (Å²) in [4.78, 5) is 14.5. The zero-order valence-corrected chi connectivity index (χ0v) is 17.2. The molecule has 0 bridgehead atoms.